The molecule has 0 bridgehead atoms. The van der Waals surface area contributed by atoms with Gasteiger partial charge in [0.2, 0.25) is 0 Å². The predicted molar refractivity (Wildman–Crippen MR) is 145 cm³/mol. The number of nitrogens with zero attached hydrogens (tertiary/aromatic N) is 5. The molecule has 1 aromatic carbocycles. The number of aromatic nitrogens is 4. The predicted octanol–water partition coefficient (Wildman–Crippen LogP) is 6.03. The second-order valence-electron chi connectivity index (χ2n) is 9.50. The van der Waals surface area contributed by atoms with E-state index in [-0.39, 0.29) is 11.9 Å². The molecule has 1 unspecified atom stereocenters. The minimum absolute atomic E-state index is 0.0708. The largest absolute Gasteiger partial charge is 0.366 e. The highest BCUT2D eigenvalue weighted by Gasteiger charge is 2.27. The van der Waals surface area contributed by atoms with Crippen LogP contribution in [0.4, 0.5) is 16.3 Å². The quantitative estimate of drug-likeness (QED) is 0.307. The van der Waals surface area contributed by atoms with E-state index in [2.05, 4.69) is 68.7 Å². The molecule has 1 aliphatic rings. The van der Waals surface area contributed by atoms with Gasteiger partial charge in [-0.25, -0.2) is 9.78 Å². The molecule has 1 fully saturated rings. The van der Waals surface area contributed by atoms with Crippen molar-refractivity contribution in [3.8, 4) is 0 Å². The number of pyridine rings is 1. The van der Waals surface area contributed by atoms with Crippen LogP contribution in [0.3, 0.4) is 0 Å². The van der Waals surface area contributed by atoms with Crippen LogP contribution in [0.5, 0.6) is 0 Å². The number of piperidine rings is 1. The van der Waals surface area contributed by atoms with Crippen molar-refractivity contribution in [1.82, 2.24) is 24.5 Å². The van der Waals surface area contributed by atoms with Gasteiger partial charge >= 0.3 is 6.03 Å². The Balaban J connectivity index is 1.32. The summed E-state index contributed by atoms with van der Waals surface area (Å²) in [6.45, 7) is 6.30. The highest BCUT2D eigenvalue weighted by atomic mass is 79.9. The number of carbonyl (C=O) groups excluding carboxylic acids is 1. The Hall–Kier alpha value is -3.46. The fourth-order valence-corrected chi connectivity index (χ4v) is 4.89. The van der Waals surface area contributed by atoms with Crippen molar-refractivity contribution in [3.63, 3.8) is 0 Å². The molecule has 8 nitrogen and oxygen atoms in total. The lowest BCUT2D eigenvalue weighted by molar-refractivity contribution is 0.192. The molecule has 36 heavy (non-hydrogen) atoms. The monoisotopic (exact) mass is 547 g/mol. The molecule has 0 spiro atoms. The molecular formula is C27H30BrN7O. The molecule has 3 aromatic heterocycles. The van der Waals surface area contributed by atoms with Crippen molar-refractivity contribution < 1.29 is 4.79 Å². The third-order valence-corrected chi connectivity index (χ3v) is 7.16. The van der Waals surface area contributed by atoms with E-state index in [9.17, 15) is 4.79 Å². The summed E-state index contributed by atoms with van der Waals surface area (Å²) in [5, 5.41) is 11.0. The standard InChI is InChI=1S/C27H30BrN7O/c1-18(2)20-7-9-22(10-8-20)32-27(36)34-12-4-6-21(17-34)24-13-25(30-15-19-5-3-11-29-14-19)35-26(33-24)23(28)16-31-35/h3,5,7-11,13-14,16,18,21,30H,4,6,12,15,17H2,1-2H3,(H,32,36). The second-order valence-corrected chi connectivity index (χ2v) is 10.4. The molecule has 4 heterocycles. The summed E-state index contributed by atoms with van der Waals surface area (Å²) in [6, 6.07) is 14.0. The average Bonchev–Trinajstić information content (AvgIpc) is 3.29. The summed E-state index contributed by atoms with van der Waals surface area (Å²) in [4.78, 5) is 24.1. The number of nitrogens with one attached hydrogen (secondary N) is 2. The second kappa shape index (κ2) is 10.7. The maximum atomic E-state index is 13.1. The van der Waals surface area contributed by atoms with E-state index in [1.165, 1.54) is 5.56 Å². The summed E-state index contributed by atoms with van der Waals surface area (Å²) < 4.78 is 2.64. The first-order valence-corrected chi connectivity index (χ1v) is 13.1. The van der Waals surface area contributed by atoms with Crippen molar-refractivity contribution in [2.75, 3.05) is 23.7 Å². The molecule has 5 rings (SSSR count). The normalized spacial score (nSPS) is 15.9. The minimum atomic E-state index is -0.0708. The van der Waals surface area contributed by atoms with Gasteiger partial charge in [0, 0.05) is 49.7 Å². The van der Waals surface area contributed by atoms with Gasteiger partial charge in [0.05, 0.1) is 16.4 Å². The number of halogens is 1. The Bertz CT molecular complexity index is 1340. The number of urea groups is 1. The van der Waals surface area contributed by atoms with Gasteiger partial charge in [-0.3, -0.25) is 4.98 Å². The number of hydrogen-bond acceptors (Lipinski definition) is 5. The first kappa shape index (κ1) is 24.2. The third-order valence-electron chi connectivity index (χ3n) is 6.60. The first-order chi connectivity index (χ1) is 17.5. The van der Waals surface area contributed by atoms with E-state index in [4.69, 9.17) is 4.98 Å². The van der Waals surface area contributed by atoms with Gasteiger partial charge < -0.3 is 15.5 Å². The summed E-state index contributed by atoms with van der Waals surface area (Å²) in [6.07, 6.45) is 7.27. The average molecular weight is 548 g/mol. The highest BCUT2D eigenvalue weighted by Crippen LogP contribution is 2.30. The van der Waals surface area contributed by atoms with Crippen LogP contribution < -0.4 is 10.6 Å². The maximum Gasteiger partial charge on any atom is 0.321 e. The van der Waals surface area contributed by atoms with Crippen LogP contribution in [0.25, 0.3) is 5.65 Å². The molecule has 4 aromatic rings. The number of benzene rings is 1. The van der Waals surface area contributed by atoms with Crippen molar-refractivity contribution in [1.29, 1.82) is 0 Å². The lowest BCUT2D eigenvalue weighted by Crippen LogP contribution is -2.41. The van der Waals surface area contributed by atoms with Crippen LogP contribution in [0.15, 0.2) is 65.5 Å². The van der Waals surface area contributed by atoms with Gasteiger partial charge in [-0.2, -0.15) is 9.61 Å². The zero-order chi connectivity index (χ0) is 25.1. The van der Waals surface area contributed by atoms with E-state index >= 15 is 0 Å². The molecule has 1 saturated heterocycles. The molecule has 2 N–H and O–H groups in total. The Kier molecular flexibility index (Phi) is 7.18. The van der Waals surface area contributed by atoms with Crippen molar-refractivity contribution in [3.05, 3.63) is 82.3 Å². The van der Waals surface area contributed by atoms with E-state index in [1.807, 2.05) is 35.4 Å². The molecule has 1 aliphatic heterocycles. The van der Waals surface area contributed by atoms with Gasteiger partial charge in [0.25, 0.3) is 0 Å². The van der Waals surface area contributed by atoms with Crippen molar-refractivity contribution >= 4 is 39.1 Å². The fourth-order valence-electron chi connectivity index (χ4n) is 4.54. The minimum Gasteiger partial charge on any atom is -0.366 e. The maximum absolute atomic E-state index is 13.1. The fraction of sp³-hybridized carbons (Fsp3) is 0.333. The van der Waals surface area contributed by atoms with Gasteiger partial charge in [-0.05, 0) is 64.0 Å². The Morgan fingerprint density at radius 2 is 2.03 bits per heavy atom. The van der Waals surface area contributed by atoms with Crippen LogP contribution >= 0.6 is 15.9 Å². The lowest BCUT2D eigenvalue weighted by Gasteiger charge is -2.32. The first-order valence-electron chi connectivity index (χ1n) is 12.3. The summed E-state index contributed by atoms with van der Waals surface area (Å²) in [5.74, 6) is 1.46. The number of hydrogen-bond donors (Lipinski definition) is 2. The molecule has 2 amide bonds. The zero-order valence-electron chi connectivity index (χ0n) is 20.5. The van der Waals surface area contributed by atoms with Gasteiger partial charge in [-0.1, -0.05) is 32.0 Å². The van der Waals surface area contributed by atoms with E-state index < -0.39 is 0 Å². The van der Waals surface area contributed by atoms with E-state index in [0.717, 1.165) is 52.3 Å². The number of rotatable bonds is 6. The van der Waals surface area contributed by atoms with E-state index in [0.29, 0.717) is 19.0 Å². The summed E-state index contributed by atoms with van der Waals surface area (Å²) in [5.41, 5.74) is 4.86. The van der Waals surface area contributed by atoms with Crippen molar-refractivity contribution in [2.45, 2.75) is 45.1 Å². The Labute approximate surface area is 219 Å². The Morgan fingerprint density at radius 1 is 1.19 bits per heavy atom. The van der Waals surface area contributed by atoms with Gasteiger partial charge in [0.1, 0.15) is 5.82 Å². The molecule has 186 valence electrons. The molecule has 0 radical (unpaired) electrons. The number of anilines is 2. The molecule has 0 aliphatic carbocycles. The van der Waals surface area contributed by atoms with Gasteiger partial charge in [0.15, 0.2) is 5.65 Å². The van der Waals surface area contributed by atoms with Gasteiger partial charge in [-0.15, -0.1) is 0 Å². The molecular weight excluding hydrogens is 518 g/mol. The highest BCUT2D eigenvalue weighted by molar-refractivity contribution is 9.10. The topological polar surface area (TPSA) is 87.5 Å². The molecule has 1 atom stereocenters. The van der Waals surface area contributed by atoms with Crippen molar-refractivity contribution in [2.24, 2.45) is 0 Å². The molecule has 9 heteroatoms. The number of likely N-dealkylation sites (tertiary alicyclic amines) is 1. The van der Waals surface area contributed by atoms with Crippen LogP contribution in [-0.2, 0) is 6.54 Å². The summed E-state index contributed by atoms with van der Waals surface area (Å²) in [7, 11) is 0. The zero-order valence-corrected chi connectivity index (χ0v) is 22.1. The van der Waals surface area contributed by atoms with E-state index in [1.54, 1.807) is 16.9 Å². The van der Waals surface area contributed by atoms with Crippen LogP contribution in [0, 0.1) is 0 Å². The number of amides is 2. The SMILES string of the molecule is CC(C)c1ccc(NC(=O)N2CCCC(c3cc(NCc4cccnc4)n4ncc(Br)c4n3)C2)cc1. The van der Waals surface area contributed by atoms with Crippen LogP contribution in [0.2, 0.25) is 0 Å². The lowest BCUT2D eigenvalue weighted by atomic mass is 9.94. The molecule has 0 saturated carbocycles. The third kappa shape index (κ3) is 5.36. The number of carbonyl (C=O) groups is 1. The summed E-state index contributed by atoms with van der Waals surface area (Å²) >= 11 is 3.58. The van der Waals surface area contributed by atoms with Crippen LogP contribution in [-0.4, -0.2) is 43.6 Å². The smallest absolute Gasteiger partial charge is 0.321 e. The number of fused-ring (bicyclic) bond motifs is 1. The Morgan fingerprint density at radius 3 is 2.78 bits per heavy atom. The van der Waals surface area contributed by atoms with Crippen LogP contribution in [0.1, 0.15) is 55.3 Å².